The minimum Gasteiger partial charge on any atom is -0.493 e. The summed E-state index contributed by atoms with van der Waals surface area (Å²) < 4.78 is 39.4. The van der Waals surface area contributed by atoms with Crippen molar-refractivity contribution in [1.82, 2.24) is 10.2 Å². The number of nitrogens with one attached hydrogen (secondary N) is 1. The van der Waals surface area contributed by atoms with Gasteiger partial charge in [0.15, 0.2) is 11.5 Å². The minimum absolute atomic E-state index is 0.0474. The molecule has 0 aliphatic heterocycles. The molecular weight excluding hydrogens is 528 g/mol. The lowest BCUT2D eigenvalue weighted by Crippen LogP contribution is -2.13. The Labute approximate surface area is 217 Å². The molecule has 2 aromatic carbocycles. The largest absolute Gasteiger partial charge is 0.493 e. The number of nitriles is 1. The number of aryl methyl sites for hydroxylation is 1. The Morgan fingerprint density at radius 2 is 1.83 bits per heavy atom. The number of amides is 1. The predicted octanol–water partition coefficient (Wildman–Crippen LogP) is 3.92. The van der Waals surface area contributed by atoms with Gasteiger partial charge in [-0.25, -0.2) is 8.42 Å². The van der Waals surface area contributed by atoms with Crippen LogP contribution < -0.4 is 19.5 Å². The molecule has 1 N–H and O–H groups in total. The van der Waals surface area contributed by atoms with Crippen molar-refractivity contribution in [3.05, 3.63) is 58.1 Å². The maximum absolute atomic E-state index is 12.4. The highest BCUT2D eigenvalue weighted by Gasteiger charge is 2.17. The second-order valence-corrected chi connectivity index (χ2v) is 10.9. The Morgan fingerprint density at radius 1 is 1.14 bits per heavy atom. The molecular formula is C23H21ClN4O6S2. The van der Waals surface area contributed by atoms with Crippen LogP contribution in [0.3, 0.4) is 0 Å². The average molecular weight is 549 g/mol. The Balaban J connectivity index is 1.60. The third-order valence-corrected chi connectivity index (χ3v) is 7.30. The number of methoxy groups -OCH3 is 1. The number of aromatic nitrogens is 2. The molecule has 188 valence electrons. The summed E-state index contributed by atoms with van der Waals surface area (Å²) in [6, 6.07) is 12.2. The van der Waals surface area contributed by atoms with Crippen LogP contribution in [0, 0.1) is 18.3 Å². The normalized spacial score (nSPS) is 11.5. The van der Waals surface area contributed by atoms with E-state index in [-0.39, 0.29) is 33.3 Å². The molecule has 0 saturated heterocycles. The quantitative estimate of drug-likeness (QED) is 0.173. The predicted molar refractivity (Wildman–Crippen MR) is 135 cm³/mol. The molecule has 0 fully saturated rings. The maximum Gasteiger partial charge on any atom is 0.268 e. The molecule has 10 nitrogen and oxygen atoms in total. The van der Waals surface area contributed by atoms with Gasteiger partial charge in [0.05, 0.1) is 12.1 Å². The summed E-state index contributed by atoms with van der Waals surface area (Å²) in [5.41, 5.74) is 1.29. The van der Waals surface area contributed by atoms with E-state index in [9.17, 15) is 18.5 Å². The van der Waals surface area contributed by atoms with Gasteiger partial charge in [-0.15, -0.1) is 10.2 Å². The first-order chi connectivity index (χ1) is 17.1. The van der Waals surface area contributed by atoms with Crippen molar-refractivity contribution in [2.45, 2.75) is 11.3 Å². The summed E-state index contributed by atoms with van der Waals surface area (Å²) in [5, 5.41) is 19.1. The molecule has 0 spiro atoms. The molecule has 0 atom stereocenters. The second kappa shape index (κ2) is 11.9. The number of hydrogen-bond donors (Lipinski definition) is 1. The van der Waals surface area contributed by atoms with Crippen molar-refractivity contribution in [1.29, 1.82) is 5.26 Å². The Hall–Kier alpha value is -3.66. The SMILES string of the molecule is COc1cc(C)ccc1OCCOc1ccc(C=C(C#N)C(=O)Nc2nnc(S(C)(=O)=O)s2)cc1Cl. The van der Waals surface area contributed by atoms with Gasteiger partial charge in [-0.3, -0.25) is 10.1 Å². The maximum atomic E-state index is 12.4. The molecule has 0 unspecified atom stereocenters. The van der Waals surface area contributed by atoms with Gasteiger partial charge in [-0.2, -0.15) is 5.26 Å². The van der Waals surface area contributed by atoms with Crippen LogP contribution in [-0.2, 0) is 14.6 Å². The van der Waals surface area contributed by atoms with Crippen molar-refractivity contribution >= 4 is 49.9 Å². The lowest BCUT2D eigenvalue weighted by Gasteiger charge is -2.12. The summed E-state index contributed by atoms with van der Waals surface area (Å²) in [6.45, 7) is 2.43. The topological polar surface area (TPSA) is 140 Å². The Morgan fingerprint density at radius 3 is 2.44 bits per heavy atom. The molecule has 1 amide bonds. The second-order valence-electron chi connectivity index (χ2n) is 7.31. The fourth-order valence-corrected chi connectivity index (χ4v) is 4.56. The molecule has 3 aromatic rings. The van der Waals surface area contributed by atoms with Gasteiger partial charge in [0, 0.05) is 6.26 Å². The van der Waals surface area contributed by atoms with Crippen LogP contribution in [0.25, 0.3) is 6.08 Å². The van der Waals surface area contributed by atoms with E-state index in [1.165, 1.54) is 12.1 Å². The van der Waals surface area contributed by atoms with Gasteiger partial charge in [0.2, 0.25) is 19.3 Å². The van der Waals surface area contributed by atoms with Gasteiger partial charge in [-0.1, -0.05) is 35.1 Å². The molecule has 0 aliphatic carbocycles. The van der Waals surface area contributed by atoms with Crippen LogP contribution >= 0.6 is 22.9 Å². The Bertz CT molecular complexity index is 1450. The van der Waals surface area contributed by atoms with Crippen LogP contribution in [0.15, 0.2) is 46.3 Å². The summed E-state index contributed by atoms with van der Waals surface area (Å²) in [5.74, 6) is 0.859. The number of hydrogen-bond acceptors (Lipinski definition) is 10. The van der Waals surface area contributed by atoms with E-state index in [2.05, 4.69) is 15.5 Å². The third kappa shape index (κ3) is 7.17. The van der Waals surface area contributed by atoms with Crippen molar-refractivity contribution in [2.24, 2.45) is 0 Å². The standard InChI is InChI=1S/C23H21ClN4O6S2/c1-14-4-6-19(20(10-14)32-2)34-9-8-33-18-7-5-15(12-17(18)24)11-16(13-25)21(29)26-22-27-28-23(35-22)36(3,30)31/h4-7,10-12H,8-9H2,1-3H3,(H,26,27,29). The zero-order valence-electron chi connectivity index (χ0n) is 19.4. The summed E-state index contributed by atoms with van der Waals surface area (Å²) in [4.78, 5) is 12.4. The summed E-state index contributed by atoms with van der Waals surface area (Å²) in [6.07, 6.45) is 2.31. The van der Waals surface area contributed by atoms with E-state index in [0.717, 1.165) is 11.8 Å². The molecule has 3 rings (SSSR count). The fourth-order valence-electron chi connectivity index (χ4n) is 2.81. The number of halogens is 1. The fraction of sp³-hybridized carbons (Fsp3) is 0.217. The number of sulfone groups is 1. The van der Waals surface area contributed by atoms with Crippen molar-refractivity contribution in [3.63, 3.8) is 0 Å². The Kier molecular flexibility index (Phi) is 8.87. The highest BCUT2D eigenvalue weighted by Crippen LogP contribution is 2.29. The zero-order chi connectivity index (χ0) is 26.3. The average Bonchev–Trinajstić information content (AvgIpc) is 3.31. The van der Waals surface area contributed by atoms with Gasteiger partial charge >= 0.3 is 0 Å². The molecule has 0 bridgehead atoms. The summed E-state index contributed by atoms with van der Waals surface area (Å²) in [7, 11) is -1.98. The van der Waals surface area contributed by atoms with Crippen LogP contribution in [-0.4, -0.2) is 51.1 Å². The number of ether oxygens (including phenoxy) is 3. The van der Waals surface area contributed by atoms with Crippen molar-refractivity contribution < 1.29 is 27.4 Å². The van der Waals surface area contributed by atoms with E-state index in [1.54, 1.807) is 25.3 Å². The number of benzene rings is 2. The van der Waals surface area contributed by atoms with Crippen molar-refractivity contribution in [3.8, 4) is 23.3 Å². The zero-order valence-corrected chi connectivity index (χ0v) is 21.8. The highest BCUT2D eigenvalue weighted by atomic mass is 35.5. The first-order valence-corrected chi connectivity index (χ1v) is 13.4. The molecule has 0 radical (unpaired) electrons. The number of nitrogens with zero attached hydrogens (tertiary/aromatic N) is 3. The van der Waals surface area contributed by atoms with Crippen LogP contribution in [0.1, 0.15) is 11.1 Å². The first-order valence-electron chi connectivity index (χ1n) is 10.3. The first kappa shape index (κ1) is 26.9. The van der Waals surface area contributed by atoms with Crippen molar-refractivity contribution in [2.75, 3.05) is 31.9 Å². The van der Waals surface area contributed by atoms with Gasteiger partial charge in [0.25, 0.3) is 5.91 Å². The van der Waals surface area contributed by atoms with E-state index in [4.69, 9.17) is 25.8 Å². The smallest absolute Gasteiger partial charge is 0.268 e. The van der Waals surface area contributed by atoms with E-state index in [0.29, 0.717) is 34.1 Å². The number of rotatable bonds is 10. The van der Waals surface area contributed by atoms with Gasteiger partial charge in [-0.05, 0) is 48.4 Å². The molecule has 36 heavy (non-hydrogen) atoms. The minimum atomic E-state index is -3.55. The van der Waals surface area contributed by atoms with E-state index in [1.807, 2.05) is 25.1 Å². The van der Waals surface area contributed by atoms with Crippen LogP contribution in [0.4, 0.5) is 5.13 Å². The molecule has 1 aromatic heterocycles. The molecule has 1 heterocycles. The lowest BCUT2D eigenvalue weighted by atomic mass is 10.1. The lowest BCUT2D eigenvalue weighted by molar-refractivity contribution is -0.112. The molecule has 0 aliphatic rings. The molecule has 0 saturated carbocycles. The monoisotopic (exact) mass is 548 g/mol. The highest BCUT2D eigenvalue weighted by molar-refractivity contribution is 7.92. The number of anilines is 1. The van der Waals surface area contributed by atoms with E-state index < -0.39 is 15.7 Å². The number of carbonyl (C=O) groups excluding carboxylic acids is 1. The molecule has 13 heteroatoms. The number of carbonyl (C=O) groups is 1. The van der Waals surface area contributed by atoms with Gasteiger partial charge in [0.1, 0.15) is 30.6 Å². The van der Waals surface area contributed by atoms with Crippen LogP contribution in [0.2, 0.25) is 5.02 Å². The van der Waals surface area contributed by atoms with Crippen LogP contribution in [0.5, 0.6) is 17.2 Å². The third-order valence-electron chi connectivity index (χ3n) is 4.49. The summed E-state index contributed by atoms with van der Waals surface area (Å²) >= 11 is 6.98. The van der Waals surface area contributed by atoms with Gasteiger partial charge < -0.3 is 14.2 Å². The van der Waals surface area contributed by atoms with E-state index >= 15 is 0 Å².